The maximum atomic E-state index is 12.8. The van der Waals surface area contributed by atoms with E-state index in [1.807, 2.05) is 34.6 Å². The van der Waals surface area contributed by atoms with Crippen LogP contribution in [0.2, 0.25) is 0 Å². The van der Waals surface area contributed by atoms with Crippen LogP contribution in [-0.4, -0.2) is 68.3 Å². The van der Waals surface area contributed by atoms with Crippen molar-refractivity contribution >= 4 is 35.6 Å². The van der Waals surface area contributed by atoms with Crippen LogP contribution in [0.15, 0.2) is 0 Å². The molecule has 0 aromatic rings. The summed E-state index contributed by atoms with van der Waals surface area (Å²) < 4.78 is 11.8. The molecule has 3 saturated heterocycles. The minimum absolute atomic E-state index is 0.0444. The van der Waals surface area contributed by atoms with Gasteiger partial charge in [0.1, 0.15) is 11.3 Å². The van der Waals surface area contributed by atoms with Crippen molar-refractivity contribution in [1.29, 1.82) is 0 Å². The van der Waals surface area contributed by atoms with Crippen molar-refractivity contribution in [2.45, 2.75) is 102 Å². The lowest BCUT2D eigenvalue weighted by molar-refractivity contribution is -0.197. The van der Waals surface area contributed by atoms with E-state index >= 15 is 0 Å². The van der Waals surface area contributed by atoms with Crippen molar-refractivity contribution in [2.24, 2.45) is 0 Å². The third kappa shape index (κ3) is 5.52. The molecule has 0 aromatic carbocycles. The Labute approximate surface area is 187 Å². The number of fused-ring (bicyclic) bond motifs is 1. The fourth-order valence-corrected chi connectivity index (χ4v) is 5.70. The molecule has 0 bridgehead atoms. The van der Waals surface area contributed by atoms with Crippen molar-refractivity contribution in [1.82, 2.24) is 9.96 Å². The standard InChI is InChI=1S/C21H32N2O7S/c1-20(2,3)29-19(27)22-13-12-31-14(18(13)28-21(22,4)5)8-6-7-9-17(26)30-23-15(24)10-11-16(23)25/h13-14,18H,6-12H2,1-5H3/t13-,14-,18-/m0/s1. The van der Waals surface area contributed by atoms with E-state index in [1.54, 1.807) is 16.7 Å². The molecule has 10 heteroatoms. The molecule has 3 amide bonds. The number of carbonyl (C=O) groups excluding carboxylic acids is 4. The Hall–Kier alpha value is -1.81. The number of hydrogen-bond acceptors (Lipinski definition) is 8. The smallest absolute Gasteiger partial charge is 0.412 e. The zero-order valence-corrected chi connectivity index (χ0v) is 19.7. The fraction of sp³-hybridized carbons (Fsp3) is 0.810. The molecular formula is C21H32N2O7S. The highest BCUT2D eigenvalue weighted by Crippen LogP contribution is 2.45. The number of hydroxylamine groups is 2. The first-order valence-electron chi connectivity index (χ1n) is 10.8. The van der Waals surface area contributed by atoms with Gasteiger partial charge in [-0.05, 0) is 47.5 Å². The molecule has 3 aliphatic heterocycles. The van der Waals surface area contributed by atoms with Gasteiger partial charge in [0.2, 0.25) is 0 Å². The molecule has 3 atom stereocenters. The molecular weight excluding hydrogens is 424 g/mol. The lowest BCUT2D eigenvalue weighted by Gasteiger charge is -2.34. The number of hydrogen-bond donors (Lipinski definition) is 0. The summed E-state index contributed by atoms with van der Waals surface area (Å²) >= 11 is 1.77. The Bertz CT molecular complexity index is 733. The maximum Gasteiger partial charge on any atom is 0.412 e. The third-order valence-corrected chi connectivity index (χ3v) is 6.94. The molecule has 0 aliphatic carbocycles. The lowest BCUT2D eigenvalue weighted by atomic mass is 10.0. The van der Waals surface area contributed by atoms with Gasteiger partial charge in [-0.1, -0.05) is 6.42 Å². The van der Waals surface area contributed by atoms with Crippen molar-refractivity contribution in [2.75, 3.05) is 5.75 Å². The Morgan fingerprint density at radius 1 is 1.16 bits per heavy atom. The van der Waals surface area contributed by atoms with Crippen LogP contribution in [-0.2, 0) is 28.7 Å². The van der Waals surface area contributed by atoms with E-state index in [0.29, 0.717) is 11.5 Å². The Morgan fingerprint density at radius 2 is 1.81 bits per heavy atom. The summed E-state index contributed by atoms with van der Waals surface area (Å²) in [6.45, 7) is 9.30. The minimum Gasteiger partial charge on any atom is -0.444 e. The first-order valence-corrected chi connectivity index (χ1v) is 11.8. The molecule has 3 fully saturated rings. The summed E-state index contributed by atoms with van der Waals surface area (Å²) in [6.07, 6.45) is 2.06. The highest BCUT2D eigenvalue weighted by atomic mass is 32.2. The van der Waals surface area contributed by atoms with Gasteiger partial charge in [-0.2, -0.15) is 11.8 Å². The monoisotopic (exact) mass is 456 g/mol. The third-order valence-electron chi connectivity index (χ3n) is 5.47. The average molecular weight is 457 g/mol. The molecule has 0 aromatic heterocycles. The summed E-state index contributed by atoms with van der Waals surface area (Å²) in [4.78, 5) is 54.3. The highest BCUT2D eigenvalue weighted by molar-refractivity contribution is 8.00. The van der Waals surface area contributed by atoms with Gasteiger partial charge >= 0.3 is 12.1 Å². The Morgan fingerprint density at radius 3 is 2.42 bits per heavy atom. The second-order valence-corrected chi connectivity index (χ2v) is 10.9. The van der Waals surface area contributed by atoms with Crippen molar-refractivity contribution in [3.63, 3.8) is 0 Å². The van der Waals surface area contributed by atoms with Gasteiger partial charge in [0.25, 0.3) is 11.8 Å². The first-order chi connectivity index (χ1) is 14.4. The molecule has 31 heavy (non-hydrogen) atoms. The van der Waals surface area contributed by atoms with Crippen LogP contribution in [0.1, 0.15) is 73.1 Å². The van der Waals surface area contributed by atoms with Crippen molar-refractivity contribution in [3.05, 3.63) is 0 Å². The SMILES string of the molecule is CC(C)(C)OC(=O)N1[C@H]2CS[C@@H](CCCCC(=O)ON3C(=O)CCC3=O)[C@H]2OC1(C)C. The Kier molecular flexibility index (Phi) is 6.90. The van der Waals surface area contributed by atoms with E-state index < -0.39 is 29.1 Å². The number of rotatable bonds is 6. The van der Waals surface area contributed by atoms with Crippen LogP contribution in [0.25, 0.3) is 0 Å². The topological polar surface area (TPSA) is 102 Å². The first kappa shape index (κ1) is 23.8. The van der Waals surface area contributed by atoms with Crippen molar-refractivity contribution in [3.8, 4) is 0 Å². The molecule has 3 heterocycles. The van der Waals surface area contributed by atoms with E-state index in [4.69, 9.17) is 14.3 Å². The number of carbonyl (C=O) groups is 4. The summed E-state index contributed by atoms with van der Waals surface area (Å²) in [5, 5.41) is 0.800. The maximum absolute atomic E-state index is 12.8. The zero-order chi connectivity index (χ0) is 23.0. The lowest BCUT2D eigenvalue weighted by Crippen LogP contribution is -2.50. The van der Waals surface area contributed by atoms with Crippen molar-refractivity contribution < 1.29 is 33.5 Å². The second-order valence-electron chi connectivity index (χ2n) is 9.61. The number of amides is 3. The molecule has 0 N–H and O–H groups in total. The minimum atomic E-state index is -0.741. The van der Waals surface area contributed by atoms with Crippen LogP contribution in [0.5, 0.6) is 0 Å². The number of unbranched alkanes of at least 4 members (excludes halogenated alkanes) is 1. The van der Waals surface area contributed by atoms with Gasteiger partial charge in [-0.25, -0.2) is 9.59 Å². The van der Waals surface area contributed by atoms with Gasteiger partial charge in [-0.15, -0.1) is 5.06 Å². The number of thioether (sulfide) groups is 1. The molecule has 3 rings (SSSR count). The number of nitrogens with zero attached hydrogens (tertiary/aromatic N) is 2. The molecule has 174 valence electrons. The zero-order valence-electron chi connectivity index (χ0n) is 18.8. The van der Waals surface area contributed by atoms with Crippen LogP contribution in [0.4, 0.5) is 4.79 Å². The van der Waals surface area contributed by atoms with E-state index in [-0.39, 0.29) is 42.8 Å². The molecule has 0 spiro atoms. The molecule has 0 saturated carbocycles. The van der Waals surface area contributed by atoms with Gasteiger partial charge in [-0.3, -0.25) is 14.5 Å². The number of imide groups is 1. The van der Waals surface area contributed by atoms with E-state index in [9.17, 15) is 19.2 Å². The van der Waals surface area contributed by atoms with Gasteiger partial charge < -0.3 is 14.3 Å². The van der Waals surface area contributed by atoms with Crippen LogP contribution in [0.3, 0.4) is 0 Å². The molecule has 0 unspecified atom stereocenters. The van der Waals surface area contributed by atoms with Crippen LogP contribution in [0, 0.1) is 0 Å². The predicted molar refractivity (Wildman–Crippen MR) is 113 cm³/mol. The quantitative estimate of drug-likeness (QED) is 0.444. The van der Waals surface area contributed by atoms with Gasteiger partial charge in [0.05, 0.1) is 12.1 Å². The molecule has 3 aliphatic rings. The predicted octanol–water partition coefficient (Wildman–Crippen LogP) is 3.01. The largest absolute Gasteiger partial charge is 0.444 e. The van der Waals surface area contributed by atoms with E-state index in [2.05, 4.69) is 0 Å². The van der Waals surface area contributed by atoms with Crippen LogP contribution < -0.4 is 0 Å². The van der Waals surface area contributed by atoms with Gasteiger partial charge in [0, 0.05) is 30.3 Å². The number of ether oxygens (including phenoxy) is 2. The fourth-order valence-electron chi connectivity index (χ4n) is 4.16. The summed E-state index contributed by atoms with van der Waals surface area (Å²) in [5.74, 6) is -0.737. The second kappa shape index (κ2) is 8.97. The Balaban J connectivity index is 1.46. The summed E-state index contributed by atoms with van der Waals surface area (Å²) in [7, 11) is 0. The summed E-state index contributed by atoms with van der Waals surface area (Å²) in [5.41, 5.74) is -1.31. The van der Waals surface area contributed by atoms with E-state index in [0.717, 1.165) is 18.6 Å². The van der Waals surface area contributed by atoms with Gasteiger partial charge in [0.15, 0.2) is 0 Å². The highest BCUT2D eigenvalue weighted by Gasteiger charge is 2.56. The molecule has 9 nitrogen and oxygen atoms in total. The molecule has 0 radical (unpaired) electrons. The normalized spacial score (nSPS) is 27.6. The summed E-state index contributed by atoms with van der Waals surface area (Å²) in [6, 6.07) is -0.0444. The van der Waals surface area contributed by atoms with Crippen LogP contribution >= 0.6 is 11.8 Å². The van der Waals surface area contributed by atoms with E-state index in [1.165, 1.54) is 0 Å². The average Bonchev–Trinajstić information content (AvgIpc) is 3.23.